The minimum Gasteiger partial charge on any atom is -0.386 e. The summed E-state index contributed by atoms with van der Waals surface area (Å²) < 4.78 is 0. The lowest BCUT2D eigenvalue weighted by Crippen LogP contribution is -2.26. The molecule has 4 rings (SSSR count). The summed E-state index contributed by atoms with van der Waals surface area (Å²) in [5.41, 5.74) is 3.02. The Morgan fingerprint density at radius 2 is 1.90 bits per heavy atom. The Kier molecular flexibility index (Phi) is 5.70. The molecule has 3 heterocycles. The lowest BCUT2D eigenvalue weighted by molar-refractivity contribution is 0.0962. The van der Waals surface area contributed by atoms with Crippen molar-refractivity contribution >= 4 is 40.0 Å². The van der Waals surface area contributed by atoms with Gasteiger partial charge in [-0.3, -0.25) is 4.79 Å². The van der Waals surface area contributed by atoms with E-state index in [1.807, 2.05) is 38.1 Å². The molecule has 0 atom stereocenters. The maximum Gasteiger partial charge on any atom is 0.275 e. The fraction of sp³-hybridized carbons (Fsp3) is 0.182. The summed E-state index contributed by atoms with van der Waals surface area (Å²) in [5, 5.41) is 6.84. The number of hydrogen-bond acceptors (Lipinski definition) is 5. The number of benzene rings is 1. The Bertz CT molecular complexity index is 1190. The van der Waals surface area contributed by atoms with Crippen molar-refractivity contribution in [3.05, 3.63) is 76.2 Å². The minimum atomic E-state index is -0.426. The minimum absolute atomic E-state index is 0.0754. The zero-order chi connectivity index (χ0) is 21.3. The van der Waals surface area contributed by atoms with Crippen molar-refractivity contribution in [3.63, 3.8) is 0 Å². The van der Waals surface area contributed by atoms with Crippen LogP contribution in [0.1, 0.15) is 36.1 Å². The Morgan fingerprint density at radius 1 is 1.13 bits per heavy atom. The van der Waals surface area contributed by atoms with Gasteiger partial charge in [0, 0.05) is 42.0 Å². The number of allylic oxidation sites excluding steroid dienone is 1. The quantitative estimate of drug-likeness (QED) is 0.606. The highest BCUT2D eigenvalue weighted by Crippen LogP contribution is 2.34. The third-order valence-electron chi connectivity index (χ3n) is 4.65. The average molecular weight is 440 g/mol. The topological polar surface area (TPSA) is 79.8 Å². The number of rotatable bonds is 4. The Balaban J connectivity index is 1.69. The van der Waals surface area contributed by atoms with Gasteiger partial charge in [-0.25, -0.2) is 15.0 Å². The number of halogens is 2. The molecule has 1 aliphatic rings. The second-order valence-corrected chi connectivity index (χ2v) is 7.93. The fourth-order valence-electron chi connectivity index (χ4n) is 3.06. The molecule has 0 saturated carbocycles. The van der Waals surface area contributed by atoms with Crippen LogP contribution >= 0.6 is 23.2 Å². The van der Waals surface area contributed by atoms with Gasteiger partial charge in [0.1, 0.15) is 11.5 Å². The summed E-state index contributed by atoms with van der Waals surface area (Å²) in [6, 6.07) is 5.58. The number of aromatic nitrogens is 3. The van der Waals surface area contributed by atoms with Gasteiger partial charge in [-0.15, -0.1) is 0 Å². The molecule has 0 unspecified atom stereocenters. The second-order valence-electron chi connectivity index (χ2n) is 7.17. The molecule has 1 aromatic carbocycles. The third-order valence-corrected chi connectivity index (χ3v) is 5.51. The first-order valence-corrected chi connectivity index (χ1v) is 10.2. The molecule has 0 radical (unpaired) electrons. The van der Waals surface area contributed by atoms with E-state index in [1.54, 1.807) is 24.7 Å². The van der Waals surface area contributed by atoms with Crippen molar-refractivity contribution in [3.8, 4) is 11.1 Å². The Hall–Kier alpha value is -2.96. The predicted molar refractivity (Wildman–Crippen MR) is 120 cm³/mol. The second kappa shape index (κ2) is 8.42. The summed E-state index contributed by atoms with van der Waals surface area (Å²) in [5.74, 6) is 0.620. The third kappa shape index (κ3) is 4.01. The molecule has 8 heteroatoms. The van der Waals surface area contributed by atoms with Gasteiger partial charge in [-0.05, 0) is 23.8 Å². The summed E-state index contributed by atoms with van der Waals surface area (Å²) >= 11 is 12.9. The summed E-state index contributed by atoms with van der Waals surface area (Å²) in [6.07, 6.45) is 9.00. The number of hydrogen-bond donors (Lipinski definition) is 2. The number of amides is 1. The van der Waals surface area contributed by atoms with E-state index >= 15 is 0 Å². The molecule has 0 fully saturated rings. The Labute approximate surface area is 184 Å². The highest BCUT2D eigenvalue weighted by molar-refractivity contribution is 6.46. The van der Waals surface area contributed by atoms with Gasteiger partial charge in [0.25, 0.3) is 5.91 Å². The van der Waals surface area contributed by atoms with Crippen molar-refractivity contribution in [1.29, 1.82) is 0 Å². The van der Waals surface area contributed by atoms with E-state index in [0.29, 0.717) is 23.1 Å². The van der Waals surface area contributed by atoms with Gasteiger partial charge in [-0.1, -0.05) is 49.2 Å². The van der Waals surface area contributed by atoms with Crippen LogP contribution in [-0.2, 0) is 0 Å². The van der Waals surface area contributed by atoms with Crippen LogP contribution in [0, 0.1) is 0 Å². The standard InChI is InChI=1S/C22H19Cl2N5O/c1-12(2)21-26-9-14(10-27-21)13-5-6-17-16(8-13)18(23)19(24)20(29-17)22(30)28-15-4-3-7-25-11-15/h3-6,8-12,25H,7H2,1-2H3,(H,28,30). The SMILES string of the molecule is CC(C)c1ncc(-c2ccc3nc(C(=O)NC4=CNCC=C4)c(Cl)c(Cl)c3c2)cn1. The predicted octanol–water partition coefficient (Wildman–Crippen LogP) is 4.85. The molecule has 3 aromatic rings. The summed E-state index contributed by atoms with van der Waals surface area (Å²) in [7, 11) is 0. The van der Waals surface area contributed by atoms with Gasteiger partial charge in [0.05, 0.1) is 21.3 Å². The normalized spacial score (nSPS) is 13.3. The van der Waals surface area contributed by atoms with Crippen molar-refractivity contribution in [2.75, 3.05) is 6.54 Å². The lowest BCUT2D eigenvalue weighted by atomic mass is 10.1. The maximum absolute atomic E-state index is 12.7. The van der Waals surface area contributed by atoms with Gasteiger partial charge >= 0.3 is 0 Å². The van der Waals surface area contributed by atoms with E-state index in [9.17, 15) is 4.79 Å². The summed E-state index contributed by atoms with van der Waals surface area (Å²) in [4.78, 5) is 25.9. The number of nitrogens with one attached hydrogen (secondary N) is 2. The van der Waals surface area contributed by atoms with Gasteiger partial charge in [0.15, 0.2) is 0 Å². The highest BCUT2D eigenvalue weighted by atomic mass is 35.5. The van der Waals surface area contributed by atoms with Crippen molar-refractivity contribution < 1.29 is 4.79 Å². The first kappa shape index (κ1) is 20.3. The number of carbonyl (C=O) groups excluding carboxylic acids is 1. The molecule has 152 valence electrons. The monoisotopic (exact) mass is 439 g/mol. The van der Waals surface area contributed by atoms with Crippen LogP contribution < -0.4 is 10.6 Å². The van der Waals surface area contributed by atoms with Crippen LogP contribution in [0.5, 0.6) is 0 Å². The number of nitrogens with zero attached hydrogens (tertiary/aromatic N) is 3. The number of fused-ring (bicyclic) bond motifs is 1. The van der Waals surface area contributed by atoms with Gasteiger partial charge in [0.2, 0.25) is 0 Å². The maximum atomic E-state index is 12.7. The van der Waals surface area contributed by atoms with Crippen LogP contribution in [-0.4, -0.2) is 27.4 Å². The first-order chi connectivity index (χ1) is 14.4. The molecular formula is C22H19Cl2N5O. The van der Waals surface area contributed by atoms with Crippen LogP contribution in [0.25, 0.3) is 22.0 Å². The van der Waals surface area contributed by atoms with Crippen LogP contribution in [0.2, 0.25) is 10.0 Å². The fourth-order valence-corrected chi connectivity index (χ4v) is 3.53. The van der Waals surface area contributed by atoms with Crippen molar-refractivity contribution in [1.82, 2.24) is 25.6 Å². The molecule has 30 heavy (non-hydrogen) atoms. The molecular weight excluding hydrogens is 421 g/mol. The summed E-state index contributed by atoms with van der Waals surface area (Å²) in [6.45, 7) is 4.81. The zero-order valence-corrected chi connectivity index (χ0v) is 17.9. The van der Waals surface area contributed by atoms with Gasteiger partial charge in [-0.2, -0.15) is 0 Å². The van der Waals surface area contributed by atoms with E-state index < -0.39 is 5.91 Å². The van der Waals surface area contributed by atoms with E-state index in [0.717, 1.165) is 17.0 Å². The number of carbonyl (C=O) groups is 1. The molecule has 2 N–H and O–H groups in total. The molecule has 0 aliphatic carbocycles. The average Bonchev–Trinajstić information content (AvgIpc) is 2.76. The van der Waals surface area contributed by atoms with Gasteiger partial charge < -0.3 is 10.6 Å². The highest BCUT2D eigenvalue weighted by Gasteiger charge is 2.19. The molecule has 6 nitrogen and oxygen atoms in total. The van der Waals surface area contributed by atoms with Crippen molar-refractivity contribution in [2.24, 2.45) is 0 Å². The van der Waals surface area contributed by atoms with E-state index in [1.165, 1.54) is 0 Å². The molecule has 0 spiro atoms. The molecule has 1 amide bonds. The smallest absolute Gasteiger partial charge is 0.275 e. The van der Waals surface area contributed by atoms with Crippen LogP contribution in [0.4, 0.5) is 0 Å². The van der Waals surface area contributed by atoms with E-state index in [4.69, 9.17) is 23.2 Å². The van der Waals surface area contributed by atoms with Crippen LogP contribution in [0.3, 0.4) is 0 Å². The Morgan fingerprint density at radius 3 is 2.57 bits per heavy atom. The number of pyridine rings is 1. The zero-order valence-electron chi connectivity index (χ0n) is 16.4. The van der Waals surface area contributed by atoms with E-state index in [2.05, 4.69) is 25.6 Å². The molecule has 0 saturated heterocycles. The molecule has 2 aromatic heterocycles. The van der Waals surface area contributed by atoms with E-state index in [-0.39, 0.29) is 21.7 Å². The first-order valence-electron chi connectivity index (χ1n) is 9.46. The molecule has 1 aliphatic heterocycles. The number of dihydropyridines is 1. The van der Waals surface area contributed by atoms with Crippen molar-refractivity contribution in [2.45, 2.75) is 19.8 Å². The lowest BCUT2D eigenvalue weighted by Gasteiger charge is -2.13. The van der Waals surface area contributed by atoms with Crippen LogP contribution in [0.15, 0.2) is 54.6 Å². The largest absolute Gasteiger partial charge is 0.386 e. The molecule has 0 bridgehead atoms.